The lowest BCUT2D eigenvalue weighted by atomic mass is 9.93. The van der Waals surface area contributed by atoms with Crippen molar-refractivity contribution in [2.24, 2.45) is 0 Å². The summed E-state index contributed by atoms with van der Waals surface area (Å²) in [6.45, 7) is 13.2. The lowest BCUT2D eigenvalue weighted by molar-refractivity contribution is -0.126. The molecule has 3 aromatic heterocycles. The van der Waals surface area contributed by atoms with Crippen LogP contribution in [0.5, 0.6) is 5.75 Å². The minimum absolute atomic E-state index is 0.194. The van der Waals surface area contributed by atoms with Crippen LogP contribution in [-0.2, 0) is 9.53 Å². The number of aromatic nitrogens is 5. The summed E-state index contributed by atoms with van der Waals surface area (Å²) < 4.78 is 14.2. The van der Waals surface area contributed by atoms with Gasteiger partial charge in [-0.3, -0.25) is 9.59 Å². The Hall–Kier alpha value is -4.82. The van der Waals surface area contributed by atoms with Crippen molar-refractivity contribution in [2.45, 2.75) is 84.8 Å². The molecule has 4 heterocycles. The van der Waals surface area contributed by atoms with Crippen LogP contribution in [0.4, 0.5) is 0 Å². The fourth-order valence-corrected chi connectivity index (χ4v) is 6.02. The molecule has 0 spiro atoms. The minimum Gasteiger partial charge on any atom is -0.485 e. The third-order valence-corrected chi connectivity index (χ3v) is 8.53. The first-order chi connectivity index (χ1) is 22.4. The van der Waals surface area contributed by atoms with Crippen LogP contribution in [-0.4, -0.2) is 72.2 Å². The standard InChI is InChI=1S/C36H43N7O4/c1-7-15-35(3,4)46-19-16-36(5,6)47-29-22-39-33(43-23-40-24(2)41-43)31-30(29)28(21-38-31)32(44)34(45)42-17-13-26(14-18-42)27(20-37)25-11-9-8-10-12-25/h8-12,21-23,38H,7,13-19H2,1-6H3. The highest BCUT2D eigenvalue weighted by Gasteiger charge is 2.32. The second-order valence-electron chi connectivity index (χ2n) is 13.2. The summed E-state index contributed by atoms with van der Waals surface area (Å²) in [6.07, 6.45) is 8.26. The molecule has 11 nitrogen and oxygen atoms in total. The molecule has 1 fully saturated rings. The van der Waals surface area contributed by atoms with Crippen LogP contribution in [0.2, 0.25) is 0 Å². The summed E-state index contributed by atoms with van der Waals surface area (Å²) in [5.74, 6) is 0.123. The van der Waals surface area contributed by atoms with Gasteiger partial charge in [-0.05, 0) is 65.0 Å². The number of nitrogens with one attached hydrogen (secondary N) is 1. The zero-order valence-corrected chi connectivity index (χ0v) is 28.1. The number of aromatic amines is 1. The molecular formula is C36H43N7O4. The molecule has 0 bridgehead atoms. The normalized spacial score (nSPS) is 13.9. The molecule has 0 atom stereocenters. The summed E-state index contributed by atoms with van der Waals surface area (Å²) in [5, 5.41) is 14.7. The SMILES string of the molecule is CCCC(C)(C)OCCC(C)(C)Oc1cnc(-n2cnc(C)n2)c2[nH]cc(C(=O)C(=O)N3CCC(=C(C#N)c4ccccc4)CC3)c12. The molecule has 0 saturated carbocycles. The lowest BCUT2D eigenvalue weighted by Gasteiger charge is -2.30. The maximum atomic E-state index is 13.9. The number of nitriles is 1. The lowest BCUT2D eigenvalue weighted by Crippen LogP contribution is -2.40. The Labute approximate surface area is 275 Å². The summed E-state index contributed by atoms with van der Waals surface area (Å²) >= 11 is 0. The predicted octanol–water partition coefficient (Wildman–Crippen LogP) is 6.38. The Morgan fingerprint density at radius 3 is 2.40 bits per heavy atom. The molecule has 5 rings (SSSR count). The number of hydrogen-bond donors (Lipinski definition) is 1. The van der Waals surface area contributed by atoms with Gasteiger partial charge in [0.15, 0.2) is 5.82 Å². The van der Waals surface area contributed by atoms with Crippen molar-refractivity contribution < 1.29 is 19.1 Å². The number of likely N-dealkylation sites (tertiary alicyclic amines) is 1. The van der Waals surface area contributed by atoms with Crippen LogP contribution >= 0.6 is 0 Å². The Morgan fingerprint density at radius 1 is 1.04 bits per heavy atom. The van der Waals surface area contributed by atoms with Crippen molar-refractivity contribution >= 4 is 28.2 Å². The van der Waals surface area contributed by atoms with E-state index in [9.17, 15) is 14.9 Å². The first kappa shape index (κ1) is 33.5. The number of allylic oxidation sites excluding steroid dienone is 1. The maximum Gasteiger partial charge on any atom is 0.295 e. The van der Waals surface area contributed by atoms with Gasteiger partial charge in [0, 0.05) is 25.7 Å². The smallest absolute Gasteiger partial charge is 0.295 e. The third kappa shape index (κ3) is 7.60. The van der Waals surface area contributed by atoms with Crippen LogP contribution in [0.3, 0.4) is 0 Å². The van der Waals surface area contributed by atoms with E-state index in [0.717, 1.165) is 24.0 Å². The summed E-state index contributed by atoms with van der Waals surface area (Å²) in [5.41, 5.74) is 2.27. The molecule has 1 amide bonds. The number of pyridine rings is 1. The zero-order chi connectivity index (χ0) is 33.8. The van der Waals surface area contributed by atoms with E-state index in [0.29, 0.717) is 72.8 Å². The van der Waals surface area contributed by atoms with Crippen molar-refractivity contribution in [3.05, 3.63) is 71.6 Å². The highest BCUT2D eigenvalue weighted by atomic mass is 16.5. The Morgan fingerprint density at radius 2 is 1.77 bits per heavy atom. The second kappa shape index (κ2) is 13.9. The van der Waals surface area contributed by atoms with Gasteiger partial charge in [-0.2, -0.15) is 10.4 Å². The van der Waals surface area contributed by atoms with Crippen molar-refractivity contribution in [1.82, 2.24) is 29.6 Å². The number of fused-ring (bicyclic) bond motifs is 1. The number of carbonyl (C=O) groups is 2. The van der Waals surface area contributed by atoms with Crippen molar-refractivity contribution in [1.29, 1.82) is 5.26 Å². The number of ether oxygens (including phenoxy) is 2. The second-order valence-corrected chi connectivity index (χ2v) is 13.2. The maximum absolute atomic E-state index is 13.9. The number of benzene rings is 1. The van der Waals surface area contributed by atoms with E-state index in [1.165, 1.54) is 10.9 Å². The van der Waals surface area contributed by atoms with Gasteiger partial charge in [0.05, 0.1) is 46.5 Å². The van der Waals surface area contributed by atoms with Crippen molar-refractivity contribution in [3.8, 4) is 17.6 Å². The Bertz CT molecular complexity index is 1820. The number of rotatable bonds is 12. The molecule has 0 aliphatic carbocycles. The monoisotopic (exact) mass is 637 g/mol. The Balaban J connectivity index is 1.41. The van der Waals surface area contributed by atoms with Gasteiger partial charge in [-0.15, -0.1) is 0 Å². The third-order valence-electron chi connectivity index (χ3n) is 8.53. The van der Waals surface area contributed by atoms with Gasteiger partial charge in [-0.1, -0.05) is 43.7 Å². The van der Waals surface area contributed by atoms with E-state index >= 15 is 0 Å². The fourth-order valence-electron chi connectivity index (χ4n) is 6.02. The molecule has 11 heteroatoms. The summed E-state index contributed by atoms with van der Waals surface area (Å²) in [6, 6.07) is 11.9. The molecule has 4 aromatic rings. The average Bonchev–Trinajstić information content (AvgIpc) is 3.68. The number of aryl methyl sites for hydroxylation is 1. The predicted molar refractivity (Wildman–Crippen MR) is 179 cm³/mol. The number of nitrogens with zero attached hydrogens (tertiary/aromatic N) is 6. The van der Waals surface area contributed by atoms with Crippen molar-refractivity contribution in [3.63, 3.8) is 0 Å². The van der Waals surface area contributed by atoms with Crippen LogP contribution in [0, 0.1) is 18.3 Å². The van der Waals surface area contributed by atoms with E-state index in [1.807, 2.05) is 44.2 Å². The van der Waals surface area contributed by atoms with Crippen molar-refractivity contribution in [2.75, 3.05) is 19.7 Å². The Kier molecular flexibility index (Phi) is 9.91. The number of hydrogen-bond acceptors (Lipinski definition) is 8. The molecule has 246 valence electrons. The van der Waals surface area contributed by atoms with E-state index in [-0.39, 0.29) is 11.2 Å². The summed E-state index contributed by atoms with van der Waals surface area (Å²) in [4.78, 5) is 41.2. The van der Waals surface area contributed by atoms with Gasteiger partial charge in [0.2, 0.25) is 0 Å². The molecule has 47 heavy (non-hydrogen) atoms. The topological polar surface area (TPSA) is 139 Å². The highest BCUT2D eigenvalue weighted by molar-refractivity contribution is 6.45. The average molecular weight is 638 g/mol. The number of H-pyrrole nitrogens is 1. The van der Waals surface area contributed by atoms with E-state index in [2.05, 4.69) is 46.9 Å². The van der Waals surface area contributed by atoms with Gasteiger partial charge in [0.1, 0.15) is 23.5 Å². The van der Waals surface area contributed by atoms with E-state index in [1.54, 1.807) is 24.3 Å². The van der Waals surface area contributed by atoms with Crippen LogP contribution < -0.4 is 4.74 Å². The number of carbonyl (C=O) groups excluding carboxylic acids is 2. The first-order valence-corrected chi connectivity index (χ1v) is 16.2. The summed E-state index contributed by atoms with van der Waals surface area (Å²) in [7, 11) is 0. The van der Waals surface area contributed by atoms with Gasteiger partial charge >= 0.3 is 0 Å². The van der Waals surface area contributed by atoms with E-state index < -0.39 is 17.3 Å². The molecule has 1 N–H and O–H groups in total. The fraction of sp³-hybridized carbons (Fsp3) is 0.444. The molecule has 1 aliphatic rings. The molecule has 1 saturated heterocycles. The quantitative estimate of drug-likeness (QED) is 0.107. The van der Waals surface area contributed by atoms with Crippen LogP contribution in [0.25, 0.3) is 22.3 Å². The molecule has 0 radical (unpaired) electrons. The van der Waals surface area contributed by atoms with Gasteiger partial charge < -0.3 is 19.4 Å². The van der Waals surface area contributed by atoms with Crippen LogP contribution in [0.15, 0.2) is 54.6 Å². The largest absolute Gasteiger partial charge is 0.485 e. The minimum atomic E-state index is -0.670. The van der Waals surface area contributed by atoms with Gasteiger partial charge in [0.25, 0.3) is 11.7 Å². The van der Waals surface area contributed by atoms with Gasteiger partial charge in [-0.25, -0.2) is 14.6 Å². The molecule has 0 unspecified atom stereocenters. The molecular weight excluding hydrogens is 594 g/mol. The number of Topliss-reactive ketones (excluding diaryl/α,β-unsaturated/α-hetero) is 1. The molecule has 1 aliphatic heterocycles. The highest BCUT2D eigenvalue weighted by Crippen LogP contribution is 2.35. The first-order valence-electron chi connectivity index (χ1n) is 16.2. The number of piperidine rings is 1. The number of ketones is 1. The van der Waals surface area contributed by atoms with Crippen LogP contribution in [0.1, 0.15) is 88.5 Å². The zero-order valence-electron chi connectivity index (χ0n) is 28.1. The number of amides is 1. The van der Waals surface area contributed by atoms with E-state index in [4.69, 9.17) is 9.47 Å². The molecule has 1 aromatic carbocycles.